The third-order valence-corrected chi connectivity index (χ3v) is 6.51. The molecule has 1 aliphatic rings. The summed E-state index contributed by atoms with van der Waals surface area (Å²) >= 11 is 1.42. The van der Waals surface area contributed by atoms with E-state index in [1.54, 1.807) is 17.6 Å². The molecule has 1 unspecified atom stereocenters. The van der Waals surface area contributed by atoms with E-state index in [0.717, 1.165) is 19.3 Å². The molecule has 0 radical (unpaired) electrons. The van der Waals surface area contributed by atoms with Crippen LogP contribution < -0.4 is 10.0 Å². The van der Waals surface area contributed by atoms with Crippen LogP contribution in [0.1, 0.15) is 33.1 Å². The summed E-state index contributed by atoms with van der Waals surface area (Å²) in [5.74, 6) is 0.394. The second kappa shape index (κ2) is 4.96. The van der Waals surface area contributed by atoms with Crippen molar-refractivity contribution in [1.82, 2.24) is 14.1 Å². The Morgan fingerprint density at radius 3 is 2.86 bits per heavy atom. The van der Waals surface area contributed by atoms with E-state index in [4.69, 9.17) is 0 Å². The molecule has 116 valence electrons. The van der Waals surface area contributed by atoms with Crippen molar-refractivity contribution in [2.24, 2.45) is 5.41 Å². The van der Waals surface area contributed by atoms with Crippen LogP contribution in [0, 0.1) is 5.41 Å². The van der Waals surface area contributed by atoms with Gasteiger partial charge in [0, 0.05) is 24.7 Å². The summed E-state index contributed by atoms with van der Waals surface area (Å²) in [6, 6.07) is -0.0311. The molecule has 3 rings (SSSR count). The Kier molecular flexibility index (Phi) is 3.50. The predicted molar refractivity (Wildman–Crippen MR) is 84.4 cm³/mol. The molecule has 0 aliphatic heterocycles. The number of nitrogens with one attached hydrogen (secondary N) is 2. The number of fused-ring (bicyclic) bond motifs is 1. The van der Waals surface area contributed by atoms with Gasteiger partial charge >= 0.3 is 0 Å². The van der Waals surface area contributed by atoms with Crippen LogP contribution >= 0.6 is 11.3 Å². The SMILES string of the molecule is CNc1nc2sccn2c1S(=O)(=O)NC1CCCC1(C)C. The highest BCUT2D eigenvalue weighted by molar-refractivity contribution is 7.89. The van der Waals surface area contributed by atoms with Crippen molar-refractivity contribution in [2.45, 2.75) is 44.2 Å². The number of imidazole rings is 1. The molecule has 21 heavy (non-hydrogen) atoms. The van der Waals surface area contributed by atoms with Crippen LogP contribution in [0.2, 0.25) is 0 Å². The van der Waals surface area contributed by atoms with E-state index >= 15 is 0 Å². The van der Waals surface area contributed by atoms with Crippen LogP contribution in [-0.4, -0.2) is 30.9 Å². The molecular weight excluding hydrogens is 308 g/mol. The van der Waals surface area contributed by atoms with E-state index < -0.39 is 10.0 Å². The summed E-state index contributed by atoms with van der Waals surface area (Å²) < 4.78 is 30.1. The van der Waals surface area contributed by atoms with Gasteiger partial charge in [0.05, 0.1) is 0 Å². The van der Waals surface area contributed by atoms with E-state index in [1.807, 2.05) is 5.38 Å². The fraction of sp³-hybridized carbons (Fsp3) is 0.615. The number of aromatic nitrogens is 2. The monoisotopic (exact) mass is 328 g/mol. The Hall–Kier alpha value is -1.12. The molecule has 0 bridgehead atoms. The normalized spacial score (nSPS) is 22.0. The number of hydrogen-bond acceptors (Lipinski definition) is 5. The van der Waals surface area contributed by atoms with Crippen molar-refractivity contribution >= 4 is 32.1 Å². The molecule has 2 aromatic heterocycles. The second-order valence-corrected chi connectivity index (χ2v) is 8.63. The quantitative estimate of drug-likeness (QED) is 0.903. The number of hydrogen-bond donors (Lipinski definition) is 2. The van der Waals surface area contributed by atoms with Gasteiger partial charge in [0.2, 0.25) is 0 Å². The van der Waals surface area contributed by atoms with Crippen molar-refractivity contribution < 1.29 is 8.42 Å². The molecule has 0 spiro atoms. The molecule has 2 heterocycles. The van der Waals surface area contributed by atoms with Crippen LogP contribution in [0.3, 0.4) is 0 Å². The first-order valence-electron chi connectivity index (χ1n) is 7.01. The van der Waals surface area contributed by atoms with Gasteiger partial charge in [0.15, 0.2) is 15.8 Å². The minimum Gasteiger partial charge on any atom is -0.371 e. The van der Waals surface area contributed by atoms with Gasteiger partial charge in [-0.2, -0.15) is 0 Å². The van der Waals surface area contributed by atoms with Crippen LogP contribution in [-0.2, 0) is 10.0 Å². The molecule has 0 saturated heterocycles. The molecule has 0 amide bonds. The number of anilines is 1. The van der Waals surface area contributed by atoms with Crippen LogP contribution in [0.25, 0.3) is 4.96 Å². The van der Waals surface area contributed by atoms with Gasteiger partial charge in [0.25, 0.3) is 10.0 Å². The van der Waals surface area contributed by atoms with E-state index in [9.17, 15) is 8.42 Å². The Bertz CT molecular complexity index is 760. The lowest BCUT2D eigenvalue weighted by Crippen LogP contribution is -2.41. The van der Waals surface area contributed by atoms with Gasteiger partial charge in [-0.3, -0.25) is 4.40 Å². The number of sulfonamides is 1. The third-order valence-electron chi connectivity index (χ3n) is 4.26. The lowest BCUT2D eigenvalue weighted by atomic mass is 9.88. The molecule has 2 N–H and O–H groups in total. The third kappa shape index (κ3) is 2.45. The van der Waals surface area contributed by atoms with Gasteiger partial charge in [-0.1, -0.05) is 20.3 Å². The van der Waals surface area contributed by atoms with Crippen molar-refractivity contribution in [3.8, 4) is 0 Å². The molecule has 1 aliphatic carbocycles. The summed E-state index contributed by atoms with van der Waals surface area (Å²) in [5, 5.41) is 4.91. The maximum Gasteiger partial charge on any atom is 0.260 e. The average Bonchev–Trinajstić information content (AvgIpc) is 3.03. The Balaban J connectivity index is 2.02. The summed E-state index contributed by atoms with van der Waals surface area (Å²) in [7, 11) is -1.93. The first-order chi connectivity index (χ1) is 9.85. The van der Waals surface area contributed by atoms with Crippen molar-refractivity contribution in [3.05, 3.63) is 11.6 Å². The number of rotatable bonds is 4. The standard InChI is InChI=1S/C13H20N4O2S2/c1-13(2)6-4-5-9(13)16-21(18,19)11-10(14-3)15-12-17(11)7-8-20-12/h7-9,14,16H,4-6H2,1-3H3. The average molecular weight is 328 g/mol. The first kappa shape index (κ1) is 14.8. The number of thiazole rings is 1. The Morgan fingerprint density at radius 2 is 2.24 bits per heavy atom. The van der Waals surface area contributed by atoms with E-state index in [1.165, 1.54) is 11.3 Å². The minimum atomic E-state index is -3.62. The van der Waals surface area contributed by atoms with Gasteiger partial charge < -0.3 is 5.32 Å². The van der Waals surface area contributed by atoms with Crippen molar-refractivity contribution in [2.75, 3.05) is 12.4 Å². The fourth-order valence-corrected chi connectivity index (χ4v) is 5.48. The zero-order chi connectivity index (χ0) is 15.3. The zero-order valence-corrected chi connectivity index (χ0v) is 14.0. The van der Waals surface area contributed by atoms with Gasteiger partial charge in [-0.25, -0.2) is 18.1 Å². The largest absolute Gasteiger partial charge is 0.371 e. The predicted octanol–water partition coefficient (Wildman–Crippen LogP) is 2.29. The highest BCUT2D eigenvalue weighted by Crippen LogP contribution is 2.38. The molecule has 2 aromatic rings. The molecule has 0 aromatic carbocycles. The maximum absolute atomic E-state index is 12.8. The topological polar surface area (TPSA) is 75.5 Å². The van der Waals surface area contributed by atoms with Crippen molar-refractivity contribution in [3.63, 3.8) is 0 Å². The summed E-state index contributed by atoms with van der Waals surface area (Å²) in [4.78, 5) is 4.99. The highest BCUT2D eigenvalue weighted by atomic mass is 32.2. The second-order valence-electron chi connectivity index (χ2n) is 6.13. The summed E-state index contributed by atoms with van der Waals surface area (Å²) in [5.41, 5.74) is -0.00860. The molecule has 1 saturated carbocycles. The number of nitrogens with zero attached hydrogens (tertiary/aromatic N) is 2. The lowest BCUT2D eigenvalue weighted by molar-refractivity contribution is 0.312. The molecule has 8 heteroatoms. The van der Waals surface area contributed by atoms with E-state index in [0.29, 0.717) is 10.8 Å². The van der Waals surface area contributed by atoms with Gasteiger partial charge in [-0.15, -0.1) is 11.3 Å². The molecule has 1 atom stereocenters. The summed E-state index contributed by atoms with van der Waals surface area (Å²) in [6.45, 7) is 4.23. The smallest absolute Gasteiger partial charge is 0.260 e. The first-order valence-corrected chi connectivity index (χ1v) is 9.37. The Labute approximate surface area is 128 Å². The van der Waals surface area contributed by atoms with E-state index in [-0.39, 0.29) is 16.5 Å². The summed E-state index contributed by atoms with van der Waals surface area (Å²) in [6.07, 6.45) is 4.72. The van der Waals surface area contributed by atoms with Gasteiger partial charge in [-0.05, 0) is 18.3 Å². The van der Waals surface area contributed by atoms with Crippen molar-refractivity contribution in [1.29, 1.82) is 0 Å². The lowest BCUT2D eigenvalue weighted by Gasteiger charge is -2.27. The van der Waals surface area contributed by atoms with Gasteiger partial charge in [0.1, 0.15) is 0 Å². The van der Waals surface area contributed by atoms with Crippen LogP contribution in [0.4, 0.5) is 5.82 Å². The molecule has 6 nitrogen and oxygen atoms in total. The fourth-order valence-electron chi connectivity index (χ4n) is 2.97. The van der Waals surface area contributed by atoms with Crippen LogP contribution in [0.5, 0.6) is 0 Å². The zero-order valence-electron chi connectivity index (χ0n) is 12.4. The maximum atomic E-state index is 12.8. The van der Waals surface area contributed by atoms with Crippen LogP contribution in [0.15, 0.2) is 16.6 Å². The minimum absolute atomic E-state index is 0.00860. The molecule has 1 fully saturated rings. The molecular formula is C13H20N4O2S2. The highest BCUT2D eigenvalue weighted by Gasteiger charge is 2.38. The Morgan fingerprint density at radius 1 is 1.48 bits per heavy atom. The van der Waals surface area contributed by atoms with E-state index in [2.05, 4.69) is 28.9 Å².